The number of aryl methyl sites for hydroxylation is 1. The molecule has 2 aromatic carbocycles. The van der Waals surface area contributed by atoms with Gasteiger partial charge in [-0.25, -0.2) is 9.97 Å². The van der Waals surface area contributed by atoms with E-state index in [2.05, 4.69) is 42.0 Å². The van der Waals surface area contributed by atoms with E-state index in [1.807, 2.05) is 18.9 Å². The molecule has 1 fully saturated rings. The topological polar surface area (TPSA) is 109 Å². The molecule has 1 aliphatic heterocycles. The Morgan fingerprint density at radius 3 is 2.63 bits per heavy atom. The molecule has 1 saturated heterocycles. The van der Waals surface area contributed by atoms with Gasteiger partial charge in [-0.05, 0) is 55.3 Å². The minimum atomic E-state index is -4.56. The highest BCUT2D eigenvalue weighted by atomic mass is 19.4. The third-order valence-electron chi connectivity index (χ3n) is 6.60. The number of halogens is 3. The van der Waals surface area contributed by atoms with Crippen LogP contribution in [0.4, 0.5) is 24.7 Å². The maximum Gasteiger partial charge on any atom is 0.416 e. The second kappa shape index (κ2) is 12.8. The molecular weight excluding hydrogens is 535 g/mol. The maximum atomic E-state index is 14.0. The van der Waals surface area contributed by atoms with E-state index in [9.17, 15) is 18.0 Å². The Balaban J connectivity index is 1.53. The Kier molecular flexibility index (Phi) is 9.21. The number of aromatic nitrogens is 2. The van der Waals surface area contributed by atoms with Crippen LogP contribution in [0.3, 0.4) is 0 Å². The molecule has 0 saturated carbocycles. The highest BCUT2D eigenvalue weighted by molar-refractivity contribution is 6.04. The highest BCUT2D eigenvalue weighted by Gasteiger charge is 2.34. The standard InChI is InChI=1S/C29H30F3N7O2/c1-19-4-5-21(14-20(19)6-9-24-16-34-27(33)26(36-24)17-35-41-3)28(40)37-23-8-7-22(25(15-23)29(30,31)32)18-39-12-10-38(2)11-13-39/h4-5,7-8,14-17H,10-13,18H2,1-3H3,(H2,33,34)(H,37,40)/b35-17+. The molecule has 0 aliphatic carbocycles. The van der Waals surface area contributed by atoms with Crippen molar-refractivity contribution in [2.75, 3.05) is 51.4 Å². The Hall–Kier alpha value is -4.47. The number of carbonyl (C=O) groups is 1. The van der Waals surface area contributed by atoms with Crippen molar-refractivity contribution < 1.29 is 22.8 Å². The van der Waals surface area contributed by atoms with Gasteiger partial charge in [0.15, 0.2) is 5.82 Å². The first kappa shape index (κ1) is 29.5. The second-order valence-electron chi connectivity index (χ2n) is 9.63. The zero-order valence-corrected chi connectivity index (χ0v) is 22.9. The number of nitrogens with zero attached hydrogens (tertiary/aromatic N) is 5. The summed E-state index contributed by atoms with van der Waals surface area (Å²) < 4.78 is 41.9. The first-order valence-corrected chi connectivity index (χ1v) is 12.8. The first-order valence-electron chi connectivity index (χ1n) is 12.8. The average Bonchev–Trinajstić information content (AvgIpc) is 2.94. The van der Waals surface area contributed by atoms with Crippen molar-refractivity contribution >= 4 is 23.6 Å². The zero-order valence-electron chi connectivity index (χ0n) is 22.9. The van der Waals surface area contributed by atoms with Crippen LogP contribution >= 0.6 is 0 Å². The number of nitrogens with one attached hydrogen (secondary N) is 1. The number of rotatable bonds is 6. The van der Waals surface area contributed by atoms with Crippen molar-refractivity contribution in [2.24, 2.45) is 5.16 Å². The minimum Gasteiger partial charge on any atom is -0.399 e. The summed E-state index contributed by atoms with van der Waals surface area (Å²) in [5, 5.41) is 6.22. The predicted molar refractivity (Wildman–Crippen MR) is 150 cm³/mol. The summed E-state index contributed by atoms with van der Waals surface area (Å²) in [5.74, 6) is 5.45. The fraction of sp³-hybridized carbons (Fsp3) is 0.310. The van der Waals surface area contributed by atoms with Crippen LogP contribution in [0.2, 0.25) is 0 Å². The van der Waals surface area contributed by atoms with Gasteiger partial charge in [0.1, 0.15) is 18.5 Å². The Bertz CT molecular complexity index is 1500. The number of likely N-dealkylation sites (N-methyl/N-ethyl adjacent to an activating group) is 1. The number of benzene rings is 2. The minimum absolute atomic E-state index is 0.0556. The summed E-state index contributed by atoms with van der Waals surface area (Å²) in [7, 11) is 3.37. The Morgan fingerprint density at radius 1 is 1.17 bits per heavy atom. The van der Waals surface area contributed by atoms with E-state index in [0.29, 0.717) is 24.3 Å². The average molecular weight is 566 g/mol. The number of nitrogen functional groups attached to an aromatic ring is 1. The molecule has 0 spiro atoms. The summed E-state index contributed by atoms with van der Waals surface area (Å²) in [5.41, 5.74) is 7.45. The lowest BCUT2D eigenvalue weighted by Crippen LogP contribution is -2.44. The Morgan fingerprint density at radius 2 is 1.93 bits per heavy atom. The van der Waals surface area contributed by atoms with E-state index in [-0.39, 0.29) is 34.9 Å². The van der Waals surface area contributed by atoms with Gasteiger partial charge in [-0.2, -0.15) is 13.2 Å². The van der Waals surface area contributed by atoms with E-state index in [1.165, 1.54) is 31.7 Å². The smallest absolute Gasteiger partial charge is 0.399 e. The Labute approximate surface area is 236 Å². The molecule has 1 amide bonds. The number of amides is 1. The molecule has 9 nitrogen and oxygen atoms in total. The van der Waals surface area contributed by atoms with Gasteiger partial charge in [-0.15, -0.1) is 0 Å². The lowest BCUT2D eigenvalue weighted by molar-refractivity contribution is -0.138. The molecule has 4 rings (SSSR count). The van der Waals surface area contributed by atoms with Crippen LogP contribution < -0.4 is 11.1 Å². The van der Waals surface area contributed by atoms with E-state index in [4.69, 9.17) is 5.73 Å². The summed E-state index contributed by atoms with van der Waals surface area (Å²) in [6, 6.07) is 8.79. The van der Waals surface area contributed by atoms with Gasteiger partial charge in [0.05, 0.1) is 18.0 Å². The lowest BCUT2D eigenvalue weighted by atomic mass is 10.0. The van der Waals surface area contributed by atoms with Crippen LogP contribution in [0.5, 0.6) is 0 Å². The van der Waals surface area contributed by atoms with Crippen LogP contribution in [0.15, 0.2) is 47.8 Å². The monoisotopic (exact) mass is 565 g/mol. The molecule has 2 heterocycles. The van der Waals surface area contributed by atoms with Crippen molar-refractivity contribution in [1.29, 1.82) is 0 Å². The number of anilines is 2. The van der Waals surface area contributed by atoms with Crippen molar-refractivity contribution in [3.63, 3.8) is 0 Å². The number of nitrogens with two attached hydrogens (primary N) is 1. The third kappa shape index (κ3) is 7.81. The van der Waals surface area contributed by atoms with Gasteiger partial charge < -0.3 is 20.8 Å². The molecule has 41 heavy (non-hydrogen) atoms. The fourth-order valence-electron chi connectivity index (χ4n) is 4.21. The molecular formula is C29H30F3N7O2. The van der Waals surface area contributed by atoms with Crippen molar-refractivity contribution in [3.8, 4) is 11.8 Å². The largest absolute Gasteiger partial charge is 0.416 e. The number of hydrogen-bond donors (Lipinski definition) is 2. The van der Waals surface area contributed by atoms with E-state index in [1.54, 1.807) is 18.2 Å². The molecule has 0 atom stereocenters. The molecule has 0 bridgehead atoms. The van der Waals surface area contributed by atoms with Gasteiger partial charge in [0.25, 0.3) is 5.91 Å². The number of hydrogen-bond acceptors (Lipinski definition) is 8. The number of piperazine rings is 1. The number of carbonyl (C=O) groups excluding carboxylic acids is 1. The van der Waals surface area contributed by atoms with Crippen molar-refractivity contribution in [3.05, 3.63) is 81.8 Å². The molecule has 3 N–H and O–H groups in total. The van der Waals surface area contributed by atoms with Crippen molar-refractivity contribution in [2.45, 2.75) is 19.6 Å². The van der Waals surface area contributed by atoms with Crippen LogP contribution in [-0.2, 0) is 17.6 Å². The molecule has 1 aromatic heterocycles. The molecule has 0 radical (unpaired) electrons. The van der Waals surface area contributed by atoms with E-state index < -0.39 is 17.6 Å². The zero-order chi connectivity index (χ0) is 29.6. The van der Waals surface area contributed by atoms with Gasteiger partial charge in [0, 0.05) is 49.5 Å². The summed E-state index contributed by atoms with van der Waals surface area (Å²) in [6.45, 7) is 5.01. The molecule has 0 unspecified atom stereocenters. The summed E-state index contributed by atoms with van der Waals surface area (Å²) in [4.78, 5) is 30.1. The van der Waals surface area contributed by atoms with E-state index >= 15 is 0 Å². The molecule has 12 heteroatoms. The fourth-order valence-corrected chi connectivity index (χ4v) is 4.21. The van der Waals surface area contributed by atoms with E-state index in [0.717, 1.165) is 24.7 Å². The third-order valence-corrected chi connectivity index (χ3v) is 6.60. The SMILES string of the molecule is CO/N=C/c1nc(C#Cc2cc(C(=O)Nc3ccc(CN4CCN(C)CC4)c(C(F)(F)F)c3)ccc2C)cnc1N. The van der Waals surface area contributed by atoms with Gasteiger partial charge in [-0.3, -0.25) is 9.69 Å². The quantitative estimate of drug-likeness (QED) is 0.266. The van der Waals surface area contributed by atoms with Crippen LogP contribution in [0, 0.1) is 18.8 Å². The van der Waals surface area contributed by atoms with Crippen LogP contribution in [0.1, 0.15) is 44.0 Å². The highest BCUT2D eigenvalue weighted by Crippen LogP contribution is 2.34. The lowest BCUT2D eigenvalue weighted by Gasteiger charge is -2.33. The van der Waals surface area contributed by atoms with Gasteiger partial charge in [0.2, 0.25) is 0 Å². The van der Waals surface area contributed by atoms with Crippen molar-refractivity contribution in [1.82, 2.24) is 19.8 Å². The van der Waals surface area contributed by atoms with Gasteiger partial charge >= 0.3 is 6.18 Å². The summed E-state index contributed by atoms with van der Waals surface area (Å²) in [6.07, 6.45) is -1.84. The summed E-state index contributed by atoms with van der Waals surface area (Å²) >= 11 is 0. The molecule has 214 valence electrons. The van der Waals surface area contributed by atoms with Crippen LogP contribution in [-0.4, -0.2) is 72.2 Å². The molecule has 1 aliphatic rings. The number of oxime groups is 1. The maximum absolute atomic E-state index is 14.0. The molecule has 3 aromatic rings. The first-order chi connectivity index (χ1) is 19.5. The van der Waals surface area contributed by atoms with Gasteiger partial charge in [-0.1, -0.05) is 23.2 Å². The number of alkyl halides is 3. The predicted octanol–water partition coefficient (Wildman–Crippen LogP) is 3.77. The normalized spacial score (nSPS) is 14.5. The second-order valence-corrected chi connectivity index (χ2v) is 9.63. The van der Waals surface area contributed by atoms with Crippen LogP contribution in [0.25, 0.3) is 0 Å².